The van der Waals surface area contributed by atoms with Crippen molar-refractivity contribution in [1.29, 1.82) is 0 Å². The Morgan fingerprint density at radius 3 is 2.54 bits per heavy atom. The van der Waals surface area contributed by atoms with Crippen LogP contribution in [0.15, 0.2) is 41.8 Å². The Bertz CT molecular complexity index is 780. The summed E-state index contributed by atoms with van der Waals surface area (Å²) in [5, 5.41) is 0.189. The molecule has 0 spiro atoms. The smallest absolute Gasteiger partial charge is 0.163 e. The van der Waals surface area contributed by atoms with E-state index in [1.54, 1.807) is 0 Å². The maximum atomic E-state index is 15.6. The summed E-state index contributed by atoms with van der Waals surface area (Å²) in [6.07, 6.45) is 7.06. The SMILES string of the molecule is FC1=CC(F)(c2ccc(Cl)cc2F)CC(C2CCC(C3CCOCO3)CC2)=C1. The Balaban J connectivity index is 1.46. The lowest BCUT2D eigenvalue weighted by Gasteiger charge is -2.38. The van der Waals surface area contributed by atoms with Gasteiger partial charge in [0.05, 0.1) is 12.7 Å². The molecule has 0 aromatic heterocycles. The van der Waals surface area contributed by atoms with E-state index in [4.69, 9.17) is 21.1 Å². The predicted molar refractivity (Wildman–Crippen MR) is 102 cm³/mol. The highest BCUT2D eigenvalue weighted by molar-refractivity contribution is 6.30. The number of rotatable bonds is 3. The fraction of sp³-hybridized carbons (Fsp3) is 0.545. The molecule has 1 saturated heterocycles. The minimum atomic E-state index is -2.19. The predicted octanol–water partition coefficient (Wildman–Crippen LogP) is 6.40. The molecule has 2 fully saturated rings. The number of hydrogen-bond donors (Lipinski definition) is 0. The maximum Gasteiger partial charge on any atom is 0.163 e. The van der Waals surface area contributed by atoms with Gasteiger partial charge < -0.3 is 9.47 Å². The van der Waals surface area contributed by atoms with Gasteiger partial charge in [-0.25, -0.2) is 13.2 Å². The highest BCUT2D eigenvalue weighted by Gasteiger charge is 2.39. The minimum Gasteiger partial charge on any atom is -0.355 e. The number of benzene rings is 1. The first-order valence-electron chi connectivity index (χ1n) is 9.87. The molecule has 1 aliphatic heterocycles. The third-order valence-corrected chi connectivity index (χ3v) is 6.50. The fourth-order valence-electron chi connectivity index (χ4n) is 4.81. The monoisotopic (exact) mass is 412 g/mol. The average molecular weight is 413 g/mol. The van der Waals surface area contributed by atoms with Crippen LogP contribution in [0.25, 0.3) is 0 Å². The zero-order chi connectivity index (χ0) is 19.7. The fourth-order valence-corrected chi connectivity index (χ4v) is 4.97. The van der Waals surface area contributed by atoms with E-state index in [0.717, 1.165) is 56.4 Å². The first-order chi connectivity index (χ1) is 13.4. The topological polar surface area (TPSA) is 18.5 Å². The van der Waals surface area contributed by atoms with Crippen molar-refractivity contribution in [3.8, 4) is 0 Å². The summed E-state index contributed by atoms with van der Waals surface area (Å²) in [4.78, 5) is 0. The zero-order valence-corrected chi connectivity index (χ0v) is 16.4. The normalized spacial score (nSPS) is 33.9. The molecule has 1 aromatic carbocycles. The summed E-state index contributed by atoms with van der Waals surface area (Å²) in [6.45, 7) is 1.07. The first kappa shape index (κ1) is 20.0. The van der Waals surface area contributed by atoms with Crippen molar-refractivity contribution in [2.24, 2.45) is 11.8 Å². The van der Waals surface area contributed by atoms with Crippen molar-refractivity contribution in [2.45, 2.75) is 50.3 Å². The molecule has 1 saturated carbocycles. The molecule has 4 rings (SSSR count). The Kier molecular flexibility index (Phi) is 5.86. The molecular formula is C22H24ClF3O2. The van der Waals surface area contributed by atoms with Gasteiger partial charge in [0, 0.05) is 17.0 Å². The van der Waals surface area contributed by atoms with Gasteiger partial charge in [-0.1, -0.05) is 23.2 Å². The molecule has 1 aromatic rings. The van der Waals surface area contributed by atoms with E-state index in [0.29, 0.717) is 12.7 Å². The Morgan fingerprint density at radius 2 is 1.86 bits per heavy atom. The number of hydrogen-bond acceptors (Lipinski definition) is 2. The number of ether oxygens (including phenoxy) is 2. The molecule has 152 valence electrons. The molecule has 3 aliphatic rings. The first-order valence-corrected chi connectivity index (χ1v) is 10.2. The summed E-state index contributed by atoms with van der Waals surface area (Å²) < 4.78 is 55.2. The maximum absolute atomic E-state index is 15.6. The Labute approximate surface area is 168 Å². The van der Waals surface area contributed by atoms with Gasteiger partial charge in [-0.15, -0.1) is 0 Å². The van der Waals surface area contributed by atoms with Crippen LogP contribution in [0.1, 0.15) is 44.1 Å². The third-order valence-electron chi connectivity index (χ3n) is 6.26. The van der Waals surface area contributed by atoms with Gasteiger partial charge in [0.15, 0.2) is 5.67 Å². The molecule has 0 amide bonds. The van der Waals surface area contributed by atoms with Gasteiger partial charge >= 0.3 is 0 Å². The lowest BCUT2D eigenvalue weighted by Crippen LogP contribution is -2.34. The lowest BCUT2D eigenvalue weighted by atomic mass is 9.72. The summed E-state index contributed by atoms with van der Waals surface area (Å²) in [7, 11) is 0. The molecular weight excluding hydrogens is 389 g/mol. The van der Waals surface area contributed by atoms with Crippen molar-refractivity contribution in [1.82, 2.24) is 0 Å². The summed E-state index contributed by atoms with van der Waals surface area (Å²) in [6, 6.07) is 3.81. The molecule has 2 atom stereocenters. The van der Waals surface area contributed by atoms with Crippen molar-refractivity contribution >= 4 is 11.6 Å². The number of alkyl halides is 1. The summed E-state index contributed by atoms with van der Waals surface area (Å²) in [5.74, 6) is -0.816. The van der Waals surface area contributed by atoms with Crippen LogP contribution in [-0.4, -0.2) is 19.5 Å². The molecule has 2 aliphatic carbocycles. The van der Waals surface area contributed by atoms with Crippen molar-refractivity contribution < 1.29 is 22.6 Å². The van der Waals surface area contributed by atoms with Crippen molar-refractivity contribution in [3.05, 3.63) is 58.2 Å². The Hall–Kier alpha value is -1.30. The molecule has 0 bridgehead atoms. The molecule has 2 unspecified atom stereocenters. The van der Waals surface area contributed by atoms with Crippen LogP contribution in [0, 0.1) is 17.7 Å². The van der Waals surface area contributed by atoms with Crippen LogP contribution in [-0.2, 0) is 15.1 Å². The van der Waals surface area contributed by atoms with E-state index in [-0.39, 0.29) is 29.0 Å². The number of allylic oxidation sites excluding steroid dienone is 4. The molecule has 28 heavy (non-hydrogen) atoms. The van der Waals surface area contributed by atoms with E-state index in [9.17, 15) is 8.78 Å². The molecule has 2 nitrogen and oxygen atoms in total. The van der Waals surface area contributed by atoms with Crippen LogP contribution < -0.4 is 0 Å². The third kappa shape index (κ3) is 4.17. The minimum absolute atomic E-state index is 0.0257. The molecule has 0 N–H and O–H groups in total. The standard InChI is InChI=1S/C22H24ClF3O2/c23-17-5-6-19(20(25)10-17)22(26)11-16(9-18(24)12-22)14-1-3-15(4-2-14)21-7-8-27-13-28-21/h5-6,9-10,12,14-15,21H,1-4,7-8,11,13H2. The van der Waals surface area contributed by atoms with Gasteiger partial charge in [-0.05, 0) is 68.2 Å². The van der Waals surface area contributed by atoms with E-state index >= 15 is 4.39 Å². The van der Waals surface area contributed by atoms with E-state index in [1.807, 2.05) is 0 Å². The molecule has 1 heterocycles. The van der Waals surface area contributed by atoms with Crippen LogP contribution >= 0.6 is 11.6 Å². The largest absolute Gasteiger partial charge is 0.355 e. The second-order valence-electron chi connectivity index (χ2n) is 8.04. The van der Waals surface area contributed by atoms with Gasteiger partial charge in [0.1, 0.15) is 18.4 Å². The second kappa shape index (κ2) is 8.21. The van der Waals surface area contributed by atoms with E-state index in [1.165, 1.54) is 18.2 Å². The van der Waals surface area contributed by atoms with Crippen LogP contribution in [0.4, 0.5) is 13.2 Å². The summed E-state index contributed by atoms with van der Waals surface area (Å²) >= 11 is 5.78. The lowest BCUT2D eigenvalue weighted by molar-refractivity contribution is -0.159. The molecule has 0 radical (unpaired) electrons. The van der Waals surface area contributed by atoms with Crippen LogP contribution in [0.3, 0.4) is 0 Å². The van der Waals surface area contributed by atoms with Crippen molar-refractivity contribution in [2.75, 3.05) is 13.4 Å². The van der Waals surface area contributed by atoms with Crippen molar-refractivity contribution in [3.63, 3.8) is 0 Å². The van der Waals surface area contributed by atoms with E-state index < -0.39 is 17.3 Å². The quantitative estimate of drug-likeness (QED) is 0.572. The second-order valence-corrected chi connectivity index (χ2v) is 8.48. The van der Waals surface area contributed by atoms with Gasteiger partial charge in [-0.2, -0.15) is 0 Å². The highest BCUT2D eigenvalue weighted by atomic mass is 35.5. The van der Waals surface area contributed by atoms with Crippen LogP contribution in [0.2, 0.25) is 5.02 Å². The van der Waals surface area contributed by atoms with Gasteiger partial charge in [0.25, 0.3) is 0 Å². The average Bonchev–Trinajstić information content (AvgIpc) is 2.68. The Morgan fingerprint density at radius 1 is 1.07 bits per heavy atom. The summed E-state index contributed by atoms with van der Waals surface area (Å²) in [5.41, 5.74) is -1.63. The van der Waals surface area contributed by atoms with Crippen LogP contribution in [0.5, 0.6) is 0 Å². The highest BCUT2D eigenvalue weighted by Crippen LogP contribution is 2.46. The van der Waals surface area contributed by atoms with Gasteiger partial charge in [0.2, 0.25) is 0 Å². The van der Waals surface area contributed by atoms with Gasteiger partial charge in [-0.3, -0.25) is 0 Å². The number of halogens is 4. The molecule has 6 heteroatoms. The zero-order valence-electron chi connectivity index (χ0n) is 15.6. The van der Waals surface area contributed by atoms with E-state index in [2.05, 4.69) is 0 Å².